The van der Waals surface area contributed by atoms with E-state index in [1.165, 1.54) is 0 Å². The summed E-state index contributed by atoms with van der Waals surface area (Å²) >= 11 is 0. The SMILES string of the molecule is CC.O=Cc1ccc2nn[c-]n2c1.[Y]. The van der Waals surface area contributed by atoms with E-state index in [1.807, 2.05) is 13.8 Å². The number of rotatable bonds is 1. The maximum atomic E-state index is 10.3. The van der Waals surface area contributed by atoms with Crippen molar-refractivity contribution in [2.75, 3.05) is 0 Å². The van der Waals surface area contributed by atoms with Crippen LogP contribution in [0.15, 0.2) is 18.3 Å². The van der Waals surface area contributed by atoms with E-state index in [9.17, 15) is 4.79 Å². The van der Waals surface area contributed by atoms with Gasteiger partial charge in [0.05, 0.1) is 0 Å². The molecule has 0 aliphatic rings. The number of nitrogens with zero attached hydrogens (tertiary/aromatic N) is 3. The Morgan fingerprint density at radius 1 is 1.43 bits per heavy atom. The molecule has 0 N–H and O–H groups in total. The number of fused-ring (bicyclic) bond motifs is 1. The molecule has 2 aromatic rings. The van der Waals surface area contributed by atoms with Crippen LogP contribution in [0, 0.1) is 6.33 Å². The van der Waals surface area contributed by atoms with Crippen molar-refractivity contribution in [1.29, 1.82) is 0 Å². The Kier molecular flexibility index (Phi) is 6.50. The van der Waals surface area contributed by atoms with Gasteiger partial charge in [0, 0.05) is 44.7 Å². The fraction of sp³-hybridized carbons (Fsp3) is 0.222. The predicted molar refractivity (Wildman–Crippen MR) is 48.6 cm³/mol. The molecule has 0 fully saturated rings. The van der Waals surface area contributed by atoms with Crippen LogP contribution in [0.3, 0.4) is 0 Å². The van der Waals surface area contributed by atoms with Crippen molar-refractivity contribution in [3.05, 3.63) is 30.2 Å². The molecule has 0 saturated heterocycles. The van der Waals surface area contributed by atoms with E-state index < -0.39 is 0 Å². The summed E-state index contributed by atoms with van der Waals surface area (Å²) in [5.74, 6) is 0. The topological polar surface area (TPSA) is 47.3 Å². The van der Waals surface area contributed by atoms with Gasteiger partial charge in [-0.1, -0.05) is 32.2 Å². The molecule has 14 heavy (non-hydrogen) atoms. The van der Waals surface area contributed by atoms with Crippen molar-refractivity contribution in [2.24, 2.45) is 0 Å². The maximum absolute atomic E-state index is 10.3. The molecule has 0 amide bonds. The number of pyridine rings is 1. The number of hydrogen-bond donors (Lipinski definition) is 0. The Hall–Kier alpha value is -0.606. The molecule has 2 aromatic heterocycles. The minimum absolute atomic E-state index is 0. The van der Waals surface area contributed by atoms with Crippen LogP contribution in [0.4, 0.5) is 0 Å². The molecule has 71 valence electrons. The minimum Gasteiger partial charge on any atom is -0.449 e. The molecule has 0 spiro atoms. The Balaban J connectivity index is 0.000000531. The van der Waals surface area contributed by atoms with E-state index in [2.05, 4.69) is 16.5 Å². The van der Waals surface area contributed by atoms with E-state index in [1.54, 1.807) is 22.7 Å². The van der Waals surface area contributed by atoms with Gasteiger partial charge in [-0.05, 0) is 5.56 Å². The monoisotopic (exact) mass is 265 g/mol. The quantitative estimate of drug-likeness (QED) is 0.578. The van der Waals surface area contributed by atoms with Gasteiger partial charge in [0.25, 0.3) is 0 Å². The Bertz CT molecular complexity index is 400. The third-order valence-electron chi connectivity index (χ3n) is 1.39. The molecule has 0 atom stereocenters. The zero-order chi connectivity index (χ0) is 9.68. The molecule has 0 bridgehead atoms. The average Bonchev–Trinajstić information content (AvgIpc) is 2.67. The van der Waals surface area contributed by atoms with Crippen LogP contribution in [-0.2, 0) is 32.7 Å². The van der Waals surface area contributed by atoms with Crippen LogP contribution in [0.5, 0.6) is 0 Å². The first-order valence-electron chi connectivity index (χ1n) is 4.08. The summed E-state index contributed by atoms with van der Waals surface area (Å²) in [6.45, 7) is 4.00. The normalized spacial score (nSPS) is 8.43. The Morgan fingerprint density at radius 3 is 2.79 bits per heavy atom. The summed E-state index contributed by atoms with van der Waals surface area (Å²) in [5.41, 5.74) is 1.28. The van der Waals surface area contributed by atoms with Crippen LogP contribution in [0.25, 0.3) is 5.65 Å². The largest absolute Gasteiger partial charge is 0.449 e. The van der Waals surface area contributed by atoms with Gasteiger partial charge in [0.1, 0.15) is 6.29 Å². The molecular weight excluding hydrogens is 255 g/mol. The van der Waals surface area contributed by atoms with E-state index >= 15 is 0 Å². The molecule has 4 nitrogen and oxygen atoms in total. The van der Waals surface area contributed by atoms with Gasteiger partial charge in [-0.3, -0.25) is 4.79 Å². The third kappa shape index (κ3) is 2.96. The first-order valence-corrected chi connectivity index (χ1v) is 4.08. The number of hydrogen-bond acceptors (Lipinski definition) is 3. The second-order valence-corrected chi connectivity index (χ2v) is 2.11. The number of aromatic nitrogens is 3. The van der Waals surface area contributed by atoms with Crippen molar-refractivity contribution >= 4 is 11.9 Å². The minimum atomic E-state index is 0. The van der Waals surface area contributed by atoms with Gasteiger partial charge in [0.2, 0.25) is 0 Å². The summed E-state index contributed by atoms with van der Waals surface area (Å²) in [6.07, 6.45) is 4.99. The van der Waals surface area contributed by atoms with Gasteiger partial charge in [-0.2, -0.15) is 0 Å². The van der Waals surface area contributed by atoms with Gasteiger partial charge >= 0.3 is 0 Å². The summed E-state index contributed by atoms with van der Waals surface area (Å²) in [4.78, 5) is 10.3. The van der Waals surface area contributed by atoms with E-state index in [-0.39, 0.29) is 32.7 Å². The molecule has 1 radical (unpaired) electrons. The van der Waals surface area contributed by atoms with Crippen LogP contribution in [0.1, 0.15) is 24.2 Å². The second kappa shape index (κ2) is 6.79. The molecular formula is C9H10N3OY-. The summed E-state index contributed by atoms with van der Waals surface area (Å²) < 4.78 is 1.57. The molecule has 0 saturated carbocycles. The molecule has 2 heterocycles. The van der Waals surface area contributed by atoms with Gasteiger partial charge in [0.15, 0.2) is 0 Å². The van der Waals surface area contributed by atoms with E-state index in [4.69, 9.17) is 0 Å². The van der Waals surface area contributed by atoms with Crippen LogP contribution in [-0.4, -0.2) is 20.9 Å². The Labute approximate surface area is 108 Å². The van der Waals surface area contributed by atoms with Gasteiger partial charge in [-0.25, -0.2) is 10.2 Å². The van der Waals surface area contributed by atoms with Crippen molar-refractivity contribution in [3.8, 4) is 0 Å². The summed E-state index contributed by atoms with van der Waals surface area (Å²) in [7, 11) is 0. The maximum Gasteiger partial charge on any atom is 0.139 e. The molecule has 0 unspecified atom stereocenters. The van der Waals surface area contributed by atoms with Crippen molar-refractivity contribution in [2.45, 2.75) is 13.8 Å². The first kappa shape index (κ1) is 13.4. The zero-order valence-corrected chi connectivity index (χ0v) is 11.0. The molecule has 5 heteroatoms. The molecule has 2 rings (SSSR count). The van der Waals surface area contributed by atoms with Gasteiger partial charge in [-0.15, -0.1) is 0 Å². The Morgan fingerprint density at radius 2 is 2.14 bits per heavy atom. The van der Waals surface area contributed by atoms with Crippen LogP contribution in [0.2, 0.25) is 0 Å². The number of aldehydes is 1. The molecule has 0 aliphatic carbocycles. The molecule has 0 aliphatic heterocycles. The smallest absolute Gasteiger partial charge is 0.139 e. The van der Waals surface area contributed by atoms with E-state index in [0.717, 1.165) is 6.29 Å². The van der Waals surface area contributed by atoms with Crippen molar-refractivity contribution in [1.82, 2.24) is 14.6 Å². The third-order valence-corrected chi connectivity index (χ3v) is 1.39. The van der Waals surface area contributed by atoms with E-state index in [0.29, 0.717) is 11.2 Å². The standard InChI is InChI=1S/C7H4N3O.C2H6.Y/c11-4-6-1-2-7-9-8-5-10(7)3-6;1-2;/h1-4H;1-2H3;/q-1;;. The first-order chi connectivity index (χ1) is 6.40. The summed E-state index contributed by atoms with van der Waals surface area (Å²) in [6, 6.07) is 3.40. The van der Waals surface area contributed by atoms with Crippen molar-refractivity contribution in [3.63, 3.8) is 0 Å². The zero-order valence-electron chi connectivity index (χ0n) is 8.14. The molecule has 0 aromatic carbocycles. The summed E-state index contributed by atoms with van der Waals surface area (Å²) in [5, 5.41) is 7.28. The predicted octanol–water partition coefficient (Wildman–Crippen LogP) is 1.37. The van der Waals surface area contributed by atoms with Gasteiger partial charge < -0.3 is 4.40 Å². The fourth-order valence-corrected chi connectivity index (χ4v) is 0.862. The van der Waals surface area contributed by atoms with Crippen LogP contribution < -0.4 is 0 Å². The number of carbonyl (C=O) groups is 1. The number of carbonyl (C=O) groups excluding carboxylic acids is 1. The van der Waals surface area contributed by atoms with Crippen molar-refractivity contribution < 1.29 is 37.5 Å². The second-order valence-electron chi connectivity index (χ2n) is 2.11. The van der Waals surface area contributed by atoms with Crippen LogP contribution >= 0.6 is 0 Å². The fourth-order valence-electron chi connectivity index (χ4n) is 0.862. The average molecular weight is 265 g/mol.